The number of benzene rings is 2. The number of fused-ring (bicyclic) bond motifs is 1. The third-order valence-electron chi connectivity index (χ3n) is 5.65. The molecule has 0 unspecified atom stereocenters. The minimum absolute atomic E-state index is 0.0244. The number of amidine groups is 1. The van der Waals surface area contributed by atoms with E-state index in [4.69, 9.17) is 0 Å². The number of anilines is 1. The second-order valence-electron chi connectivity index (χ2n) is 7.72. The molecule has 0 saturated carbocycles. The van der Waals surface area contributed by atoms with Gasteiger partial charge in [-0.15, -0.1) is 0 Å². The van der Waals surface area contributed by atoms with Crippen LogP contribution in [0.2, 0.25) is 0 Å². The summed E-state index contributed by atoms with van der Waals surface area (Å²) in [6.45, 7) is 3.53. The lowest BCUT2D eigenvalue weighted by atomic mass is 9.95. The molecule has 2 aromatic rings. The Labute approximate surface area is 186 Å². The molecule has 0 aromatic heterocycles. The maximum atomic E-state index is 14.5. The minimum atomic E-state index is -1.04. The maximum Gasteiger partial charge on any atom is 0.182 e. The molecule has 164 valence electrons. The molecule has 5 nitrogen and oxygen atoms in total. The molecule has 2 N–H and O–H groups in total. The summed E-state index contributed by atoms with van der Waals surface area (Å²) in [6, 6.07) is 5.44. The Bertz CT molecular complexity index is 1050. The zero-order valence-corrected chi connectivity index (χ0v) is 18.4. The summed E-state index contributed by atoms with van der Waals surface area (Å²) < 4.78 is 42.6. The van der Waals surface area contributed by atoms with E-state index in [0.29, 0.717) is 29.1 Å². The molecule has 0 radical (unpaired) electrons. The van der Waals surface area contributed by atoms with Crippen molar-refractivity contribution in [3.8, 4) is 0 Å². The van der Waals surface area contributed by atoms with E-state index in [1.807, 2.05) is 0 Å². The van der Waals surface area contributed by atoms with Crippen molar-refractivity contribution in [2.45, 2.75) is 25.7 Å². The molecule has 0 atom stereocenters. The Balaban J connectivity index is 1.57. The summed E-state index contributed by atoms with van der Waals surface area (Å²) in [6.07, 6.45) is 2.80. The number of hydrogen-bond acceptors (Lipinski definition) is 4. The van der Waals surface area contributed by atoms with Crippen LogP contribution in [0.25, 0.3) is 0 Å². The molecule has 1 fully saturated rings. The van der Waals surface area contributed by atoms with Crippen LogP contribution in [-0.2, 0) is 12.8 Å². The van der Waals surface area contributed by atoms with Crippen molar-refractivity contribution in [1.82, 2.24) is 4.90 Å². The van der Waals surface area contributed by atoms with Crippen molar-refractivity contribution in [1.29, 1.82) is 0 Å². The summed E-state index contributed by atoms with van der Waals surface area (Å²) in [5.41, 5.74) is 1.64. The molecule has 9 heteroatoms. The molecular weight excluding hydrogens is 473 g/mol. The predicted octanol–water partition coefficient (Wildman–Crippen LogP) is 4.75. The van der Waals surface area contributed by atoms with Crippen LogP contribution >= 0.6 is 15.9 Å². The number of hydrogen-bond donors (Lipinski definition) is 2. The largest absolute Gasteiger partial charge is 0.411 e. The van der Waals surface area contributed by atoms with Crippen LogP contribution in [-0.4, -0.2) is 47.8 Å². The lowest BCUT2D eigenvalue weighted by Gasteiger charge is -2.12. The van der Waals surface area contributed by atoms with Gasteiger partial charge in [0.1, 0.15) is 11.7 Å². The SMILES string of the molecule is O/N=C(\Cc1ccc(F)c(Br)c1)c1cc(F)c(F)c2c1CC(=NCCN1CCCC1)N2. The van der Waals surface area contributed by atoms with Crippen LogP contribution in [0.15, 0.2) is 38.9 Å². The molecule has 4 rings (SSSR count). The van der Waals surface area contributed by atoms with E-state index in [2.05, 4.69) is 36.3 Å². The highest BCUT2D eigenvalue weighted by Gasteiger charge is 2.28. The van der Waals surface area contributed by atoms with Gasteiger partial charge in [-0.1, -0.05) is 11.2 Å². The number of halogens is 4. The van der Waals surface area contributed by atoms with Crippen LogP contribution < -0.4 is 5.32 Å². The molecule has 0 spiro atoms. The average Bonchev–Trinajstić information content (AvgIpc) is 3.42. The lowest BCUT2D eigenvalue weighted by Crippen LogP contribution is -2.23. The fourth-order valence-corrected chi connectivity index (χ4v) is 4.47. The average molecular weight is 495 g/mol. The number of rotatable bonds is 6. The molecule has 0 amide bonds. The van der Waals surface area contributed by atoms with E-state index in [1.165, 1.54) is 18.9 Å². The summed E-state index contributed by atoms with van der Waals surface area (Å²) in [5, 5.41) is 15.8. The summed E-state index contributed by atoms with van der Waals surface area (Å²) in [5.74, 6) is -1.88. The Morgan fingerprint density at radius 3 is 2.61 bits per heavy atom. The van der Waals surface area contributed by atoms with Crippen molar-refractivity contribution < 1.29 is 18.4 Å². The van der Waals surface area contributed by atoms with Gasteiger partial charge >= 0.3 is 0 Å². The number of aliphatic imine (C=N–C) groups is 1. The number of nitrogens with zero attached hydrogens (tertiary/aromatic N) is 3. The standard InChI is InChI=1S/C22H22BrF3N4O/c23-16-9-13(3-4-17(16)24)10-19(29-31)14-11-18(25)21(26)22-15(14)12-20(28-22)27-5-8-30-6-1-2-7-30/h3-4,9,11,31H,1-2,5-8,10,12H2,(H,27,28)/b29-19+. The van der Waals surface area contributed by atoms with Gasteiger partial charge in [0.25, 0.3) is 0 Å². The molecular formula is C22H22BrF3N4O. The molecule has 2 aromatic carbocycles. The normalized spacial score (nSPS) is 17.9. The van der Waals surface area contributed by atoms with Crippen molar-refractivity contribution in [3.05, 3.63) is 62.9 Å². The second kappa shape index (κ2) is 9.40. The van der Waals surface area contributed by atoms with Crippen molar-refractivity contribution >= 4 is 33.2 Å². The summed E-state index contributed by atoms with van der Waals surface area (Å²) in [4.78, 5) is 6.86. The number of likely N-dealkylation sites (tertiary alicyclic amines) is 1. The fraction of sp³-hybridized carbons (Fsp3) is 0.364. The van der Waals surface area contributed by atoms with Gasteiger partial charge < -0.3 is 15.4 Å². The molecule has 2 aliphatic rings. The van der Waals surface area contributed by atoms with E-state index in [0.717, 1.165) is 25.7 Å². The highest BCUT2D eigenvalue weighted by molar-refractivity contribution is 9.10. The maximum absolute atomic E-state index is 14.5. The quantitative estimate of drug-likeness (QED) is 0.346. The van der Waals surface area contributed by atoms with Crippen molar-refractivity contribution in [3.63, 3.8) is 0 Å². The van der Waals surface area contributed by atoms with Crippen LogP contribution in [0, 0.1) is 17.5 Å². The van der Waals surface area contributed by atoms with Crippen LogP contribution in [0.3, 0.4) is 0 Å². The van der Waals surface area contributed by atoms with Crippen LogP contribution in [0.4, 0.5) is 18.9 Å². The topological polar surface area (TPSA) is 60.2 Å². The van der Waals surface area contributed by atoms with Crippen LogP contribution in [0.1, 0.15) is 29.5 Å². The zero-order chi connectivity index (χ0) is 22.0. The molecule has 0 bridgehead atoms. The minimum Gasteiger partial charge on any atom is -0.411 e. The van der Waals surface area contributed by atoms with E-state index < -0.39 is 17.5 Å². The fourth-order valence-electron chi connectivity index (χ4n) is 4.05. The third-order valence-corrected chi connectivity index (χ3v) is 6.25. The van der Waals surface area contributed by atoms with Gasteiger partial charge in [0.2, 0.25) is 0 Å². The molecule has 31 heavy (non-hydrogen) atoms. The van der Waals surface area contributed by atoms with Gasteiger partial charge in [0.15, 0.2) is 11.6 Å². The Kier molecular flexibility index (Phi) is 6.62. The smallest absolute Gasteiger partial charge is 0.182 e. The first-order chi connectivity index (χ1) is 15.0. The molecule has 2 aliphatic heterocycles. The van der Waals surface area contributed by atoms with Gasteiger partial charge in [-0.2, -0.15) is 0 Å². The third kappa shape index (κ3) is 4.77. The van der Waals surface area contributed by atoms with E-state index in [1.54, 1.807) is 12.1 Å². The van der Waals surface area contributed by atoms with Gasteiger partial charge in [-0.3, -0.25) is 4.99 Å². The van der Waals surface area contributed by atoms with Gasteiger partial charge in [0, 0.05) is 24.9 Å². The van der Waals surface area contributed by atoms with Crippen LogP contribution in [0.5, 0.6) is 0 Å². The van der Waals surface area contributed by atoms with Gasteiger partial charge in [-0.05, 0) is 71.2 Å². The molecule has 0 aliphatic carbocycles. The highest BCUT2D eigenvalue weighted by Crippen LogP contribution is 2.33. The molecule has 1 saturated heterocycles. The van der Waals surface area contributed by atoms with Crippen molar-refractivity contribution in [2.24, 2.45) is 10.1 Å². The van der Waals surface area contributed by atoms with Crippen molar-refractivity contribution in [2.75, 3.05) is 31.5 Å². The van der Waals surface area contributed by atoms with Gasteiger partial charge in [-0.25, -0.2) is 13.2 Å². The highest BCUT2D eigenvalue weighted by atomic mass is 79.9. The Morgan fingerprint density at radius 1 is 1.13 bits per heavy atom. The number of oxime groups is 1. The first kappa shape index (κ1) is 21.8. The Hall–Kier alpha value is -2.39. The monoisotopic (exact) mass is 494 g/mol. The van der Waals surface area contributed by atoms with E-state index in [9.17, 15) is 18.4 Å². The van der Waals surface area contributed by atoms with E-state index >= 15 is 0 Å². The second-order valence-corrected chi connectivity index (χ2v) is 8.58. The first-order valence-corrected chi connectivity index (χ1v) is 10.9. The Morgan fingerprint density at radius 2 is 1.90 bits per heavy atom. The first-order valence-electron chi connectivity index (χ1n) is 10.1. The van der Waals surface area contributed by atoms with E-state index in [-0.39, 0.29) is 28.7 Å². The summed E-state index contributed by atoms with van der Waals surface area (Å²) in [7, 11) is 0. The summed E-state index contributed by atoms with van der Waals surface area (Å²) >= 11 is 3.13. The number of nitrogens with one attached hydrogen (secondary N) is 1. The molecule has 2 heterocycles. The van der Waals surface area contributed by atoms with Gasteiger partial charge in [0.05, 0.1) is 22.4 Å². The zero-order valence-electron chi connectivity index (χ0n) is 16.8. The predicted molar refractivity (Wildman–Crippen MR) is 118 cm³/mol. The lowest BCUT2D eigenvalue weighted by molar-refractivity contribution is 0.318.